The number of aryl methyl sites for hydroxylation is 4. The lowest BCUT2D eigenvalue weighted by atomic mass is 9.85. The van der Waals surface area contributed by atoms with Crippen LogP contribution in [0.2, 0.25) is 5.02 Å². The lowest BCUT2D eigenvalue weighted by Gasteiger charge is -2.33. The third-order valence-corrected chi connectivity index (χ3v) is 6.47. The highest BCUT2D eigenvalue weighted by molar-refractivity contribution is 6.30. The highest BCUT2D eigenvalue weighted by atomic mass is 35.5. The topological polar surface area (TPSA) is 63.9 Å². The van der Waals surface area contributed by atoms with E-state index >= 15 is 0 Å². The predicted molar refractivity (Wildman–Crippen MR) is 134 cm³/mol. The van der Waals surface area contributed by atoms with Crippen LogP contribution in [-0.2, 0) is 11.3 Å². The van der Waals surface area contributed by atoms with Gasteiger partial charge < -0.3 is 0 Å². The summed E-state index contributed by atoms with van der Waals surface area (Å²) in [5.74, 6) is 1.13. The van der Waals surface area contributed by atoms with Crippen molar-refractivity contribution in [1.29, 1.82) is 0 Å². The maximum atomic E-state index is 13.6. The predicted octanol–water partition coefficient (Wildman–Crippen LogP) is 5.62. The first-order valence-corrected chi connectivity index (χ1v) is 11.7. The Kier molecular flexibility index (Phi) is 5.70. The number of aromatic nitrogens is 4. The summed E-state index contributed by atoms with van der Waals surface area (Å²) >= 11 is 6.14. The lowest BCUT2D eigenvalue weighted by molar-refractivity contribution is -0.119. The normalized spacial score (nSPS) is 15.5. The Morgan fingerprint density at radius 3 is 2.35 bits per heavy atom. The SMILES string of the molecule is Cc1cccc(CN2C(=O)C[C@@H](c3ccc(Cl)cc3)c3c(C)nn(-c4nc(C)cc(C)n4)c32)c1. The first-order chi connectivity index (χ1) is 16.3. The van der Waals surface area contributed by atoms with Crippen LogP contribution in [0.4, 0.5) is 5.82 Å². The molecule has 2 aromatic carbocycles. The molecule has 4 aromatic rings. The number of rotatable bonds is 4. The van der Waals surface area contributed by atoms with Gasteiger partial charge in [-0.3, -0.25) is 9.69 Å². The van der Waals surface area contributed by atoms with E-state index in [0.29, 0.717) is 23.9 Å². The first-order valence-electron chi connectivity index (χ1n) is 11.3. The molecule has 1 aliphatic heterocycles. The molecule has 172 valence electrons. The number of hydrogen-bond acceptors (Lipinski definition) is 4. The number of carbonyl (C=O) groups is 1. The molecule has 5 rings (SSSR count). The molecule has 0 bridgehead atoms. The Hall–Kier alpha value is -3.51. The average Bonchev–Trinajstić information content (AvgIpc) is 3.13. The van der Waals surface area contributed by atoms with Gasteiger partial charge >= 0.3 is 0 Å². The van der Waals surface area contributed by atoms with Crippen LogP contribution in [0.1, 0.15) is 51.7 Å². The number of fused-ring (bicyclic) bond motifs is 1. The minimum atomic E-state index is -0.117. The molecule has 0 saturated heterocycles. The summed E-state index contributed by atoms with van der Waals surface area (Å²) in [6.07, 6.45) is 0.362. The maximum Gasteiger partial charge on any atom is 0.252 e. The number of carbonyl (C=O) groups excluding carboxylic acids is 1. The van der Waals surface area contributed by atoms with Gasteiger partial charge in [-0.2, -0.15) is 9.78 Å². The molecular weight excluding hydrogens is 446 g/mol. The molecule has 6 nitrogen and oxygen atoms in total. The second-order valence-corrected chi connectivity index (χ2v) is 9.40. The van der Waals surface area contributed by atoms with Crippen LogP contribution in [0, 0.1) is 27.7 Å². The molecule has 0 unspecified atom stereocenters. The van der Waals surface area contributed by atoms with Crippen molar-refractivity contribution in [2.24, 2.45) is 0 Å². The zero-order valence-electron chi connectivity index (χ0n) is 19.7. The second kappa shape index (κ2) is 8.69. The van der Waals surface area contributed by atoms with Crippen molar-refractivity contribution in [1.82, 2.24) is 19.7 Å². The number of benzene rings is 2. The van der Waals surface area contributed by atoms with Gasteiger partial charge in [0, 0.05) is 34.3 Å². The second-order valence-electron chi connectivity index (χ2n) is 8.96. The van der Waals surface area contributed by atoms with Gasteiger partial charge in [-0.15, -0.1) is 0 Å². The highest BCUT2D eigenvalue weighted by Crippen LogP contribution is 2.43. The van der Waals surface area contributed by atoms with Gasteiger partial charge in [-0.05, 0) is 57.0 Å². The quantitative estimate of drug-likeness (QED) is 0.387. The molecule has 0 aliphatic carbocycles. The number of amides is 1. The van der Waals surface area contributed by atoms with E-state index < -0.39 is 0 Å². The summed E-state index contributed by atoms with van der Waals surface area (Å²) in [5.41, 5.74) is 6.85. The van der Waals surface area contributed by atoms with Crippen molar-refractivity contribution in [2.45, 2.75) is 46.6 Å². The Bertz CT molecular complexity index is 1370. The van der Waals surface area contributed by atoms with Crippen LogP contribution in [0.5, 0.6) is 0 Å². The molecule has 1 atom stereocenters. The van der Waals surface area contributed by atoms with Gasteiger partial charge in [0.15, 0.2) is 0 Å². The molecule has 2 aromatic heterocycles. The molecule has 0 fully saturated rings. The molecule has 7 heteroatoms. The largest absolute Gasteiger partial charge is 0.292 e. The van der Waals surface area contributed by atoms with Crippen LogP contribution in [-0.4, -0.2) is 25.7 Å². The molecule has 0 saturated carbocycles. The molecule has 1 aliphatic rings. The summed E-state index contributed by atoms with van der Waals surface area (Å²) in [4.78, 5) is 24.8. The molecule has 34 heavy (non-hydrogen) atoms. The van der Waals surface area contributed by atoms with Crippen LogP contribution < -0.4 is 4.90 Å². The van der Waals surface area contributed by atoms with Gasteiger partial charge in [-0.1, -0.05) is 53.6 Å². The van der Waals surface area contributed by atoms with E-state index in [1.807, 2.05) is 68.1 Å². The Morgan fingerprint density at radius 1 is 0.971 bits per heavy atom. The number of nitrogens with zero attached hydrogens (tertiary/aromatic N) is 5. The van der Waals surface area contributed by atoms with Crippen molar-refractivity contribution in [2.75, 3.05) is 4.90 Å². The van der Waals surface area contributed by atoms with Crippen molar-refractivity contribution in [3.63, 3.8) is 0 Å². The van der Waals surface area contributed by atoms with Gasteiger partial charge in [0.2, 0.25) is 5.91 Å². The zero-order chi connectivity index (χ0) is 24.0. The van der Waals surface area contributed by atoms with Crippen molar-refractivity contribution in [3.05, 3.63) is 99.0 Å². The zero-order valence-corrected chi connectivity index (χ0v) is 20.5. The Balaban J connectivity index is 1.71. The molecular formula is C27H26ClN5O. The van der Waals surface area contributed by atoms with E-state index in [0.717, 1.165) is 45.2 Å². The van der Waals surface area contributed by atoms with E-state index in [4.69, 9.17) is 16.7 Å². The van der Waals surface area contributed by atoms with Crippen LogP contribution in [0.3, 0.4) is 0 Å². The van der Waals surface area contributed by atoms with Gasteiger partial charge in [-0.25, -0.2) is 9.97 Å². The Morgan fingerprint density at radius 2 is 1.68 bits per heavy atom. The number of hydrogen-bond donors (Lipinski definition) is 0. The molecule has 0 radical (unpaired) electrons. The summed E-state index contributed by atoms with van der Waals surface area (Å²) in [6.45, 7) is 8.37. The number of halogens is 1. The fourth-order valence-electron chi connectivity index (χ4n) is 4.78. The Labute approximate surface area is 204 Å². The third kappa shape index (κ3) is 4.10. The highest BCUT2D eigenvalue weighted by Gasteiger charge is 2.38. The minimum absolute atomic E-state index is 0.0412. The first kappa shape index (κ1) is 22.3. The van der Waals surface area contributed by atoms with Gasteiger partial charge in [0.25, 0.3) is 5.95 Å². The fraction of sp³-hybridized carbons (Fsp3) is 0.259. The fourth-order valence-corrected chi connectivity index (χ4v) is 4.90. The molecule has 0 N–H and O–H groups in total. The van der Waals surface area contributed by atoms with Crippen molar-refractivity contribution >= 4 is 23.3 Å². The smallest absolute Gasteiger partial charge is 0.252 e. The molecule has 3 heterocycles. The minimum Gasteiger partial charge on any atom is -0.292 e. The molecule has 0 spiro atoms. The van der Waals surface area contributed by atoms with Crippen molar-refractivity contribution < 1.29 is 4.79 Å². The van der Waals surface area contributed by atoms with E-state index in [1.165, 1.54) is 0 Å². The standard InChI is InChI=1S/C27H26ClN5O/c1-16-6-5-7-20(12-16)15-32-24(34)14-23(21-8-10-22(28)11-9-21)25-19(4)31-33(26(25)32)27-29-17(2)13-18(3)30-27/h5-13,23H,14-15H2,1-4H3/t23-/m0/s1. The maximum absolute atomic E-state index is 13.6. The monoisotopic (exact) mass is 471 g/mol. The third-order valence-electron chi connectivity index (χ3n) is 6.22. The van der Waals surface area contributed by atoms with Crippen LogP contribution in [0.15, 0.2) is 54.6 Å². The summed E-state index contributed by atoms with van der Waals surface area (Å²) in [7, 11) is 0. The van der Waals surface area contributed by atoms with E-state index in [9.17, 15) is 4.79 Å². The van der Waals surface area contributed by atoms with E-state index in [1.54, 1.807) is 4.68 Å². The summed E-state index contributed by atoms with van der Waals surface area (Å²) in [6, 6.07) is 17.9. The average molecular weight is 472 g/mol. The van der Waals surface area contributed by atoms with Crippen LogP contribution in [0.25, 0.3) is 5.95 Å². The number of anilines is 1. The van der Waals surface area contributed by atoms with E-state index in [2.05, 4.69) is 29.0 Å². The molecule has 1 amide bonds. The van der Waals surface area contributed by atoms with Gasteiger partial charge in [0.1, 0.15) is 5.82 Å². The summed E-state index contributed by atoms with van der Waals surface area (Å²) in [5, 5.41) is 5.52. The van der Waals surface area contributed by atoms with Crippen molar-refractivity contribution in [3.8, 4) is 5.95 Å². The van der Waals surface area contributed by atoms with Gasteiger partial charge in [0.05, 0.1) is 12.2 Å². The summed E-state index contributed by atoms with van der Waals surface area (Å²) < 4.78 is 1.74. The van der Waals surface area contributed by atoms with E-state index in [-0.39, 0.29) is 11.8 Å². The lowest BCUT2D eigenvalue weighted by Crippen LogP contribution is -2.38. The van der Waals surface area contributed by atoms with Crippen LogP contribution >= 0.6 is 11.6 Å².